The van der Waals surface area contributed by atoms with E-state index < -0.39 is 11.6 Å². The molecule has 1 aliphatic rings. The van der Waals surface area contributed by atoms with E-state index in [1.54, 1.807) is 4.90 Å². The Morgan fingerprint density at radius 1 is 1.37 bits per heavy atom. The summed E-state index contributed by atoms with van der Waals surface area (Å²) in [5, 5.41) is 0. The third kappa shape index (κ3) is 3.73. The zero-order valence-electron chi connectivity index (χ0n) is 10.7. The number of hydrogen-bond acceptors (Lipinski definition) is 2. The minimum atomic E-state index is -0.664. The van der Waals surface area contributed by atoms with E-state index in [-0.39, 0.29) is 23.9 Å². The molecule has 104 valence electrons. The quantitative estimate of drug-likeness (QED) is 0.855. The van der Waals surface area contributed by atoms with Gasteiger partial charge in [0.1, 0.15) is 11.6 Å². The summed E-state index contributed by atoms with van der Waals surface area (Å²) in [6.45, 7) is 1.14. The van der Waals surface area contributed by atoms with Gasteiger partial charge in [0.2, 0.25) is 5.91 Å². The number of nitrogens with two attached hydrogens (primary N) is 1. The summed E-state index contributed by atoms with van der Waals surface area (Å²) in [5.41, 5.74) is 5.69. The molecule has 0 aromatic heterocycles. The van der Waals surface area contributed by atoms with E-state index >= 15 is 0 Å². The normalized spacial score (nSPS) is 14.5. The van der Waals surface area contributed by atoms with Crippen molar-refractivity contribution in [1.29, 1.82) is 0 Å². The van der Waals surface area contributed by atoms with E-state index in [4.69, 9.17) is 5.73 Å². The molecular weight excluding hydrogens is 250 g/mol. The van der Waals surface area contributed by atoms with Crippen molar-refractivity contribution in [1.82, 2.24) is 4.90 Å². The van der Waals surface area contributed by atoms with E-state index in [9.17, 15) is 13.6 Å². The molecule has 3 nitrogen and oxygen atoms in total. The molecular formula is C14H18F2N2O. The van der Waals surface area contributed by atoms with Gasteiger partial charge in [-0.15, -0.1) is 0 Å². The Morgan fingerprint density at radius 3 is 2.68 bits per heavy atom. The number of benzene rings is 1. The zero-order valence-corrected chi connectivity index (χ0v) is 10.7. The summed E-state index contributed by atoms with van der Waals surface area (Å²) in [7, 11) is 0. The smallest absolute Gasteiger partial charge is 0.227 e. The van der Waals surface area contributed by atoms with Crippen LogP contribution in [0.2, 0.25) is 0 Å². The summed E-state index contributed by atoms with van der Waals surface area (Å²) >= 11 is 0. The van der Waals surface area contributed by atoms with Crippen LogP contribution in [0.25, 0.3) is 0 Å². The first-order valence-corrected chi connectivity index (χ1v) is 6.55. The number of hydrogen-bond donors (Lipinski definition) is 1. The topological polar surface area (TPSA) is 46.3 Å². The highest BCUT2D eigenvalue weighted by atomic mass is 19.1. The highest BCUT2D eigenvalue weighted by molar-refractivity contribution is 5.79. The van der Waals surface area contributed by atoms with Crippen LogP contribution in [0.15, 0.2) is 18.2 Å². The molecule has 0 saturated heterocycles. The number of carbonyl (C=O) groups is 1. The van der Waals surface area contributed by atoms with E-state index in [0.717, 1.165) is 25.3 Å². The van der Waals surface area contributed by atoms with Gasteiger partial charge in [-0.25, -0.2) is 8.78 Å². The fraction of sp³-hybridized carbons (Fsp3) is 0.500. The maximum Gasteiger partial charge on any atom is 0.227 e. The van der Waals surface area contributed by atoms with Crippen molar-refractivity contribution in [2.45, 2.75) is 31.7 Å². The first kappa shape index (κ1) is 13.9. The lowest BCUT2D eigenvalue weighted by Gasteiger charge is -2.22. The predicted octanol–water partition coefficient (Wildman–Crippen LogP) is 1.85. The maximum atomic E-state index is 13.5. The second kappa shape index (κ2) is 6.10. The summed E-state index contributed by atoms with van der Waals surface area (Å²) in [5.74, 6) is -1.40. The predicted molar refractivity (Wildman–Crippen MR) is 68.5 cm³/mol. The van der Waals surface area contributed by atoms with E-state index in [1.165, 1.54) is 12.1 Å². The van der Waals surface area contributed by atoms with Gasteiger partial charge in [-0.2, -0.15) is 0 Å². The number of carbonyl (C=O) groups excluding carboxylic acids is 1. The molecule has 1 aromatic carbocycles. The molecule has 0 aliphatic heterocycles. The standard InChI is InChI=1S/C14H18F2N2O/c15-11-3-2-10(13(16)9-11)8-14(19)18(7-1-6-17)12-4-5-12/h2-3,9,12H,1,4-8,17H2. The molecule has 1 aromatic rings. The minimum Gasteiger partial charge on any atom is -0.339 e. The van der Waals surface area contributed by atoms with Crippen LogP contribution < -0.4 is 5.73 Å². The van der Waals surface area contributed by atoms with Crippen LogP contribution in [0.5, 0.6) is 0 Å². The molecule has 0 heterocycles. The number of amides is 1. The Labute approximate surface area is 111 Å². The summed E-state index contributed by atoms with van der Waals surface area (Å²) in [6, 6.07) is 3.59. The Hall–Kier alpha value is -1.49. The fourth-order valence-corrected chi connectivity index (χ4v) is 2.09. The second-order valence-corrected chi connectivity index (χ2v) is 4.87. The van der Waals surface area contributed by atoms with Crippen LogP contribution in [0.3, 0.4) is 0 Å². The summed E-state index contributed by atoms with van der Waals surface area (Å²) < 4.78 is 26.3. The van der Waals surface area contributed by atoms with Crippen molar-refractivity contribution in [2.75, 3.05) is 13.1 Å². The van der Waals surface area contributed by atoms with Gasteiger partial charge in [-0.3, -0.25) is 4.79 Å². The third-order valence-electron chi connectivity index (χ3n) is 3.27. The van der Waals surface area contributed by atoms with Gasteiger partial charge in [0.15, 0.2) is 0 Å². The minimum absolute atomic E-state index is 0.0207. The summed E-state index contributed by atoms with van der Waals surface area (Å²) in [6.07, 6.45) is 2.73. The number of nitrogens with zero attached hydrogens (tertiary/aromatic N) is 1. The molecule has 1 saturated carbocycles. The van der Waals surface area contributed by atoms with Crippen molar-refractivity contribution in [3.05, 3.63) is 35.4 Å². The van der Waals surface area contributed by atoms with Gasteiger partial charge >= 0.3 is 0 Å². The molecule has 1 aliphatic carbocycles. The summed E-state index contributed by atoms with van der Waals surface area (Å²) in [4.78, 5) is 13.9. The molecule has 2 rings (SSSR count). The molecule has 19 heavy (non-hydrogen) atoms. The molecule has 0 bridgehead atoms. The Balaban J connectivity index is 2.01. The first-order valence-electron chi connectivity index (χ1n) is 6.55. The van der Waals surface area contributed by atoms with Crippen LogP contribution in [0.1, 0.15) is 24.8 Å². The zero-order chi connectivity index (χ0) is 13.8. The number of rotatable bonds is 6. The van der Waals surface area contributed by atoms with Crippen molar-refractivity contribution in [2.24, 2.45) is 5.73 Å². The largest absolute Gasteiger partial charge is 0.339 e. The van der Waals surface area contributed by atoms with Crippen LogP contribution in [-0.2, 0) is 11.2 Å². The Morgan fingerprint density at radius 2 is 2.11 bits per heavy atom. The highest BCUT2D eigenvalue weighted by Crippen LogP contribution is 2.27. The van der Waals surface area contributed by atoms with E-state index in [0.29, 0.717) is 13.1 Å². The van der Waals surface area contributed by atoms with Gasteiger partial charge in [0.25, 0.3) is 0 Å². The molecule has 0 unspecified atom stereocenters. The average molecular weight is 268 g/mol. The van der Waals surface area contributed by atoms with Crippen molar-refractivity contribution < 1.29 is 13.6 Å². The highest BCUT2D eigenvalue weighted by Gasteiger charge is 2.32. The van der Waals surface area contributed by atoms with Crippen molar-refractivity contribution >= 4 is 5.91 Å². The van der Waals surface area contributed by atoms with E-state index in [1.807, 2.05) is 0 Å². The lowest BCUT2D eigenvalue weighted by Crippen LogP contribution is -2.36. The van der Waals surface area contributed by atoms with Crippen molar-refractivity contribution in [3.63, 3.8) is 0 Å². The molecule has 5 heteroatoms. The van der Waals surface area contributed by atoms with Gasteiger partial charge in [0, 0.05) is 18.7 Å². The van der Waals surface area contributed by atoms with Gasteiger partial charge in [-0.05, 0) is 37.4 Å². The Bertz CT molecular complexity index is 461. The monoisotopic (exact) mass is 268 g/mol. The maximum absolute atomic E-state index is 13.5. The molecule has 0 radical (unpaired) electrons. The van der Waals surface area contributed by atoms with Gasteiger partial charge in [-0.1, -0.05) is 6.07 Å². The third-order valence-corrected chi connectivity index (χ3v) is 3.27. The van der Waals surface area contributed by atoms with Crippen LogP contribution in [-0.4, -0.2) is 29.9 Å². The first-order chi connectivity index (χ1) is 9.11. The molecule has 1 amide bonds. The second-order valence-electron chi connectivity index (χ2n) is 4.87. The van der Waals surface area contributed by atoms with Crippen molar-refractivity contribution in [3.8, 4) is 0 Å². The SMILES string of the molecule is NCCCN(C(=O)Cc1ccc(F)cc1F)C1CC1. The number of halogens is 2. The lowest BCUT2D eigenvalue weighted by molar-refractivity contribution is -0.131. The van der Waals surface area contributed by atoms with E-state index in [2.05, 4.69) is 0 Å². The van der Waals surface area contributed by atoms with Crippen LogP contribution in [0, 0.1) is 11.6 Å². The van der Waals surface area contributed by atoms with Gasteiger partial charge < -0.3 is 10.6 Å². The average Bonchev–Trinajstić information content (AvgIpc) is 3.18. The lowest BCUT2D eigenvalue weighted by atomic mass is 10.1. The molecule has 0 spiro atoms. The van der Waals surface area contributed by atoms with Crippen LogP contribution in [0.4, 0.5) is 8.78 Å². The molecule has 2 N–H and O–H groups in total. The molecule has 0 atom stereocenters. The molecule has 1 fully saturated rings. The Kier molecular flexibility index (Phi) is 4.47. The van der Waals surface area contributed by atoms with Crippen LogP contribution >= 0.6 is 0 Å². The fourth-order valence-electron chi connectivity index (χ4n) is 2.09. The van der Waals surface area contributed by atoms with Gasteiger partial charge in [0.05, 0.1) is 6.42 Å².